The van der Waals surface area contributed by atoms with Crippen LogP contribution in [0.3, 0.4) is 0 Å². The molecule has 1 heterocycles. The molecular weight excluding hydrogens is 180 g/mol. The van der Waals surface area contributed by atoms with E-state index in [2.05, 4.69) is 5.43 Å². The molecule has 0 amide bonds. The largest absolute Gasteiger partial charge is 0.859 e. The average Bonchev–Trinajstić information content (AvgIpc) is 2.46. The Hall–Kier alpha value is -1.17. The van der Waals surface area contributed by atoms with Crippen LogP contribution in [0.1, 0.15) is 6.92 Å². The topological polar surface area (TPSA) is 62.2 Å². The maximum atomic E-state index is 12.4. The van der Waals surface area contributed by atoms with E-state index < -0.39 is 12.3 Å². The van der Waals surface area contributed by atoms with Crippen LogP contribution in [-0.2, 0) is 0 Å². The molecule has 0 aromatic carbocycles. The predicted octanol–water partition coefficient (Wildman–Crippen LogP) is -0.317. The third-order valence-corrected chi connectivity index (χ3v) is 1.84. The lowest BCUT2D eigenvalue weighted by Gasteiger charge is -2.19. The summed E-state index contributed by atoms with van der Waals surface area (Å²) in [6, 6.07) is 0. The second-order valence-corrected chi connectivity index (χ2v) is 2.57. The standard InChI is InChI=1S/C7H11F2N3O/c1-2-12-5(6(8)9)4(3-11-12)7(10)13/h6,11H,2-3H2,1H3,(H2,10,13)/p-1. The molecule has 0 spiro atoms. The highest BCUT2D eigenvalue weighted by molar-refractivity contribution is 5.89. The number of alkyl halides is 2. The van der Waals surface area contributed by atoms with Crippen LogP contribution in [0.4, 0.5) is 8.78 Å². The minimum Gasteiger partial charge on any atom is -0.859 e. The van der Waals surface area contributed by atoms with Crippen molar-refractivity contribution in [3.8, 4) is 0 Å². The fraction of sp³-hybridized carbons (Fsp3) is 0.571. The van der Waals surface area contributed by atoms with E-state index in [1.807, 2.05) is 0 Å². The first kappa shape index (κ1) is 9.91. The van der Waals surface area contributed by atoms with Crippen molar-refractivity contribution in [2.75, 3.05) is 13.1 Å². The maximum Gasteiger partial charge on any atom is 0.279 e. The van der Waals surface area contributed by atoms with Gasteiger partial charge in [0.05, 0.1) is 0 Å². The van der Waals surface area contributed by atoms with Gasteiger partial charge in [0, 0.05) is 18.7 Å². The highest BCUT2D eigenvalue weighted by atomic mass is 19.3. The van der Waals surface area contributed by atoms with E-state index >= 15 is 0 Å². The summed E-state index contributed by atoms with van der Waals surface area (Å²) < 4.78 is 24.8. The number of hydrogen-bond acceptors (Lipinski definition) is 4. The maximum absolute atomic E-state index is 12.4. The van der Waals surface area contributed by atoms with Crippen LogP contribution in [-0.4, -0.2) is 30.4 Å². The Morgan fingerprint density at radius 1 is 1.77 bits per heavy atom. The molecule has 6 heteroatoms. The van der Waals surface area contributed by atoms with Crippen molar-refractivity contribution in [2.45, 2.75) is 13.3 Å². The first-order valence-electron chi connectivity index (χ1n) is 3.86. The van der Waals surface area contributed by atoms with Gasteiger partial charge in [-0.1, -0.05) is 0 Å². The molecular formula is C7H10F2N3O-. The zero-order valence-corrected chi connectivity index (χ0v) is 7.10. The number of allylic oxidation sites excluding steroid dienone is 1. The molecule has 1 aliphatic heterocycles. The van der Waals surface area contributed by atoms with Crippen molar-refractivity contribution in [2.24, 2.45) is 0 Å². The molecule has 0 unspecified atom stereocenters. The summed E-state index contributed by atoms with van der Waals surface area (Å²) >= 11 is 0. The molecule has 0 bridgehead atoms. The molecule has 0 aromatic rings. The summed E-state index contributed by atoms with van der Waals surface area (Å²) in [4.78, 5) is 0. The Bertz CT molecular complexity index is 252. The molecule has 1 rings (SSSR count). The molecule has 0 saturated heterocycles. The second kappa shape index (κ2) is 3.69. The number of nitrogens with one attached hydrogen (secondary N) is 2. The first-order valence-corrected chi connectivity index (χ1v) is 3.86. The summed E-state index contributed by atoms with van der Waals surface area (Å²) in [5, 5.41) is 18.6. The van der Waals surface area contributed by atoms with Gasteiger partial charge < -0.3 is 15.5 Å². The Labute approximate surface area is 74.3 Å². The van der Waals surface area contributed by atoms with E-state index in [0.717, 1.165) is 0 Å². The fourth-order valence-corrected chi connectivity index (χ4v) is 1.24. The normalized spacial score (nSPS) is 17.4. The summed E-state index contributed by atoms with van der Waals surface area (Å²) in [5.74, 6) is -1.04. The Morgan fingerprint density at radius 3 is 2.77 bits per heavy atom. The van der Waals surface area contributed by atoms with Gasteiger partial charge >= 0.3 is 0 Å². The van der Waals surface area contributed by atoms with Gasteiger partial charge in [0.1, 0.15) is 5.70 Å². The lowest BCUT2D eigenvalue weighted by Crippen LogP contribution is -2.33. The molecule has 13 heavy (non-hydrogen) atoms. The van der Waals surface area contributed by atoms with E-state index in [4.69, 9.17) is 5.41 Å². The highest BCUT2D eigenvalue weighted by Crippen LogP contribution is 2.21. The zero-order chi connectivity index (χ0) is 10.0. The molecule has 0 fully saturated rings. The van der Waals surface area contributed by atoms with Crippen molar-refractivity contribution in [3.05, 3.63) is 11.3 Å². The van der Waals surface area contributed by atoms with Gasteiger partial charge in [0.2, 0.25) is 0 Å². The third kappa shape index (κ3) is 1.77. The zero-order valence-electron chi connectivity index (χ0n) is 7.10. The molecule has 0 saturated carbocycles. The molecule has 0 atom stereocenters. The highest BCUT2D eigenvalue weighted by Gasteiger charge is 2.27. The van der Waals surface area contributed by atoms with Gasteiger partial charge in [-0.3, -0.25) is 0 Å². The molecule has 0 aromatic heterocycles. The number of hydrazine groups is 1. The number of halogens is 2. The van der Waals surface area contributed by atoms with E-state index in [1.54, 1.807) is 6.92 Å². The van der Waals surface area contributed by atoms with E-state index in [9.17, 15) is 13.9 Å². The molecule has 1 aliphatic rings. The van der Waals surface area contributed by atoms with Crippen molar-refractivity contribution in [1.82, 2.24) is 10.4 Å². The van der Waals surface area contributed by atoms with Gasteiger partial charge in [0.15, 0.2) is 0 Å². The van der Waals surface area contributed by atoms with Crippen LogP contribution >= 0.6 is 0 Å². The molecule has 74 valence electrons. The summed E-state index contributed by atoms with van der Waals surface area (Å²) in [6.07, 6.45) is -2.71. The average molecular weight is 190 g/mol. The van der Waals surface area contributed by atoms with Crippen molar-refractivity contribution in [1.29, 1.82) is 5.41 Å². The Balaban J connectivity index is 2.97. The van der Waals surface area contributed by atoms with Crippen molar-refractivity contribution >= 4 is 5.90 Å². The van der Waals surface area contributed by atoms with E-state index in [0.29, 0.717) is 6.54 Å². The van der Waals surface area contributed by atoms with Gasteiger partial charge in [-0.2, -0.15) is 0 Å². The van der Waals surface area contributed by atoms with Gasteiger partial charge in [0.25, 0.3) is 6.43 Å². The lowest BCUT2D eigenvalue weighted by atomic mass is 10.2. The van der Waals surface area contributed by atoms with E-state index in [-0.39, 0.29) is 17.8 Å². The SMILES string of the molecule is CCN1NCC(C(=N)[O-])=C1C(F)F. The third-order valence-electron chi connectivity index (χ3n) is 1.84. The minimum absolute atomic E-state index is 0.0237. The quantitative estimate of drug-likeness (QED) is 0.473. The van der Waals surface area contributed by atoms with Gasteiger partial charge in [-0.15, -0.1) is 0 Å². The summed E-state index contributed by atoms with van der Waals surface area (Å²) in [5.41, 5.74) is 2.11. The monoisotopic (exact) mass is 190 g/mol. The van der Waals surface area contributed by atoms with Crippen molar-refractivity contribution < 1.29 is 13.9 Å². The molecule has 4 nitrogen and oxygen atoms in total. The second-order valence-electron chi connectivity index (χ2n) is 2.57. The Morgan fingerprint density at radius 2 is 2.38 bits per heavy atom. The van der Waals surface area contributed by atoms with Crippen LogP contribution in [0, 0.1) is 5.41 Å². The molecule has 2 N–H and O–H groups in total. The molecule has 0 radical (unpaired) electrons. The first-order chi connectivity index (χ1) is 6.07. The van der Waals surface area contributed by atoms with Crippen LogP contribution in [0.15, 0.2) is 11.3 Å². The summed E-state index contributed by atoms with van der Waals surface area (Å²) in [7, 11) is 0. The van der Waals surface area contributed by atoms with E-state index in [1.165, 1.54) is 5.01 Å². The fourth-order valence-electron chi connectivity index (χ4n) is 1.24. The number of nitrogens with zero attached hydrogens (tertiary/aromatic N) is 1. The smallest absolute Gasteiger partial charge is 0.279 e. The minimum atomic E-state index is -2.71. The van der Waals surface area contributed by atoms with Gasteiger partial charge in [-0.25, -0.2) is 14.2 Å². The molecule has 0 aliphatic carbocycles. The van der Waals surface area contributed by atoms with Crippen LogP contribution in [0.5, 0.6) is 0 Å². The van der Waals surface area contributed by atoms with Crippen LogP contribution in [0.25, 0.3) is 0 Å². The summed E-state index contributed by atoms with van der Waals surface area (Å²) in [6.45, 7) is 2.05. The number of hydrogen-bond donors (Lipinski definition) is 2. The lowest BCUT2D eigenvalue weighted by molar-refractivity contribution is -0.215. The Kier molecular flexibility index (Phi) is 2.82. The number of rotatable bonds is 3. The van der Waals surface area contributed by atoms with Crippen molar-refractivity contribution in [3.63, 3.8) is 0 Å². The van der Waals surface area contributed by atoms with Gasteiger partial charge in [-0.05, 0) is 12.8 Å². The van der Waals surface area contributed by atoms with Crippen LogP contribution < -0.4 is 10.5 Å². The van der Waals surface area contributed by atoms with Crippen LogP contribution in [0.2, 0.25) is 0 Å². The predicted molar refractivity (Wildman–Crippen MR) is 41.1 cm³/mol.